The summed E-state index contributed by atoms with van der Waals surface area (Å²) in [6.07, 6.45) is 3.32. The number of aryl methyl sites for hydroxylation is 2. The molecule has 0 radical (unpaired) electrons. The summed E-state index contributed by atoms with van der Waals surface area (Å²) in [6.45, 7) is 5.91. The van der Waals surface area contributed by atoms with Gasteiger partial charge in [0.05, 0.1) is 17.4 Å². The van der Waals surface area contributed by atoms with Gasteiger partial charge in [-0.25, -0.2) is 15.0 Å². The van der Waals surface area contributed by atoms with Crippen LogP contribution in [0.4, 0.5) is 0 Å². The van der Waals surface area contributed by atoms with Crippen LogP contribution < -0.4 is 5.56 Å². The largest absolute Gasteiger partial charge is 0.382 e. The summed E-state index contributed by atoms with van der Waals surface area (Å²) in [5, 5.41) is 0.497. The molecular weight excluding hydrogens is 402 g/mol. The van der Waals surface area contributed by atoms with E-state index in [4.69, 9.17) is 19.7 Å². The van der Waals surface area contributed by atoms with Gasteiger partial charge in [-0.2, -0.15) is 0 Å². The van der Waals surface area contributed by atoms with E-state index < -0.39 is 0 Å². The van der Waals surface area contributed by atoms with E-state index >= 15 is 0 Å². The molecule has 5 aromatic rings. The molecule has 162 valence electrons. The van der Waals surface area contributed by atoms with Crippen molar-refractivity contribution in [2.75, 3.05) is 13.2 Å². The Bertz CT molecular complexity index is 1470. The fourth-order valence-corrected chi connectivity index (χ4v) is 4.04. The summed E-state index contributed by atoms with van der Waals surface area (Å²) in [5.41, 5.74) is 5.38. The summed E-state index contributed by atoms with van der Waals surface area (Å²) in [5.74, 6) is 0. The SMILES string of the molecule is CCOCCCn1cnc2c(c1=O)c1nc3ccccc3nc1n2-c1ccc(CC)cc1. The maximum absolute atomic E-state index is 13.5. The van der Waals surface area contributed by atoms with Gasteiger partial charge in [0.1, 0.15) is 10.9 Å². The molecule has 0 aliphatic carbocycles. The van der Waals surface area contributed by atoms with Gasteiger partial charge in [-0.3, -0.25) is 13.9 Å². The van der Waals surface area contributed by atoms with Crippen molar-refractivity contribution in [3.63, 3.8) is 0 Å². The smallest absolute Gasteiger partial charge is 0.265 e. The van der Waals surface area contributed by atoms with E-state index in [1.807, 2.05) is 47.9 Å². The zero-order valence-electron chi connectivity index (χ0n) is 18.3. The van der Waals surface area contributed by atoms with E-state index in [9.17, 15) is 4.79 Å². The summed E-state index contributed by atoms with van der Waals surface area (Å²) in [7, 11) is 0. The van der Waals surface area contributed by atoms with Crippen LogP contribution in [0.3, 0.4) is 0 Å². The number of fused-ring (bicyclic) bond motifs is 4. The molecule has 0 unspecified atom stereocenters. The maximum Gasteiger partial charge on any atom is 0.265 e. The van der Waals surface area contributed by atoms with Crippen molar-refractivity contribution in [3.8, 4) is 5.69 Å². The van der Waals surface area contributed by atoms with Crippen LogP contribution in [0.2, 0.25) is 0 Å². The molecule has 0 saturated carbocycles. The molecule has 32 heavy (non-hydrogen) atoms. The van der Waals surface area contributed by atoms with Crippen LogP contribution in [0, 0.1) is 0 Å². The molecule has 5 rings (SSSR count). The number of nitrogens with zero attached hydrogens (tertiary/aromatic N) is 5. The van der Waals surface area contributed by atoms with Gasteiger partial charge in [-0.05, 0) is 49.6 Å². The van der Waals surface area contributed by atoms with Crippen molar-refractivity contribution in [3.05, 3.63) is 70.8 Å². The number of para-hydroxylation sites is 2. The number of ether oxygens (including phenoxy) is 1. The van der Waals surface area contributed by atoms with Gasteiger partial charge in [-0.15, -0.1) is 0 Å². The molecule has 0 N–H and O–H groups in total. The van der Waals surface area contributed by atoms with Crippen molar-refractivity contribution in [2.24, 2.45) is 0 Å². The van der Waals surface area contributed by atoms with E-state index in [1.54, 1.807) is 10.9 Å². The zero-order valence-corrected chi connectivity index (χ0v) is 18.3. The molecule has 2 aromatic carbocycles. The predicted molar refractivity (Wildman–Crippen MR) is 126 cm³/mol. The molecule has 3 heterocycles. The van der Waals surface area contributed by atoms with E-state index in [1.165, 1.54) is 5.56 Å². The van der Waals surface area contributed by atoms with Crippen LogP contribution in [-0.4, -0.2) is 37.3 Å². The Morgan fingerprint density at radius 3 is 2.41 bits per heavy atom. The Kier molecular flexibility index (Phi) is 5.41. The highest BCUT2D eigenvalue weighted by Gasteiger charge is 2.20. The Morgan fingerprint density at radius 1 is 0.938 bits per heavy atom. The van der Waals surface area contributed by atoms with E-state index in [0.29, 0.717) is 42.0 Å². The van der Waals surface area contributed by atoms with Crippen molar-refractivity contribution in [1.82, 2.24) is 24.1 Å². The van der Waals surface area contributed by atoms with Crippen molar-refractivity contribution in [1.29, 1.82) is 0 Å². The first-order valence-corrected chi connectivity index (χ1v) is 11.0. The Balaban J connectivity index is 1.77. The number of hydrogen-bond donors (Lipinski definition) is 0. The van der Waals surface area contributed by atoms with Crippen LogP contribution in [0.1, 0.15) is 25.8 Å². The quantitative estimate of drug-likeness (QED) is 0.363. The van der Waals surface area contributed by atoms with E-state index in [0.717, 1.165) is 29.6 Å². The second kappa shape index (κ2) is 8.51. The normalized spacial score (nSPS) is 11.7. The Morgan fingerprint density at radius 2 is 1.69 bits per heavy atom. The summed E-state index contributed by atoms with van der Waals surface area (Å²) >= 11 is 0. The molecule has 0 spiro atoms. The van der Waals surface area contributed by atoms with Crippen LogP contribution in [-0.2, 0) is 17.7 Å². The van der Waals surface area contributed by atoms with Crippen LogP contribution in [0.25, 0.3) is 38.9 Å². The van der Waals surface area contributed by atoms with Gasteiger partial charge >= 0.3 is 0 Å². The van der Waals surface area contributed by atoms with E-state index in [2.05, 4.69) is 19.1 Å². The maximum atomic E-state index is 13.5. The molecule has 0 aliphatic rings. The minimum absolute atomic E-state index is 0.106. The monoisotopic (exact) mass is 427 g/mol. The highest BCUT2D eigenvalue weighted by Crippen LogP contribution is 2.28. The third-order valence-corrected chi connectivity index (χ3v) is 5.72. The average molecular weight is 428 g/mol. The van der Waals surface area contributed by atoms with Gasteiger partial charge in [0, 0.05) is 25.4 Å². The number of benzene rings is 2. The van der Waals surface area contributed by atoms with Crippen LogP contribution >= 0.6 is 0 Å². The molecule has 3 aromatic heterocycles. The lowest BCUT2D eigenvalue weighted by atomic mass is 10.1. The zero-order chi connectivity index (χ0) is 22.1. The van der Waals surface area contributed by atoms with Gasteiger partial charge in [-0.1, -0.05) is 31.2 Å². The third-order valence-electron chi connectivity index (χ3n) is 5.72. The second-order valence-corrected chi connectivity index (χ2v) is 7.73. The van der Waals surface area contributed by atoms with Gasteiger partial charge < -0.3 is 4.74 Å². The minimum Gasteiger partial charge on any atom is -0.382 e. The van der Waals surface area contributed by atoms with Crippen molar-refractivity contribution in [2.45, 2.75) is 33.2 Å². The lowest BCUT2D eigenvalue weighted by molar-refractivity contribution is 0.141. The predicted octanol–water partition coefficient (Wildman–Crippen LogP) is 4.27. The number of rotatable bonds is 7. The fraction of sp³-hybridized carbons (Fsp3) is 0.280. The van der Waals surface area contributed by atoms with Crippen LogP contribution in [0.15, 0.2) is 59.7 Å². The topological polar surface area (TPSA) is 74.8 Å². The lowest BCUT2D eigenvalue weighted by Crippen LogP contribution is -2.21. The molecule has 7 nitrogen and oxygen atoms in total. The first-order chi connectivity index (χ1) is 15.7. The van der Waals surface area contributed by atoms with Gasteiger partial charge in [0.2, 0.25) is 0 Å². The van der Waals surface area contributed by atoms with Gasteiger partial charge in [0.25, 0.3) is 5.56 Å². The second-order valence-electron chi connectivity index (χ2n) is 7.73. The van der Waals surface area contributed by atoms with Crippen molar-refractivity contribution < 1.29 is 4.74 Å². The molecule has 0 saturated heterocycles. The van der Waals surface area contributed by atoms with Crippen molar-refractivity contribution >= 4 is 33.2 Å². The fourth-order valence-electron chi connectivity index (χ4n) is 4.04. The number of hydrogen-bond acceptors (Lipinski definition) is 5. The minimum atomic E-state index is -0.106. The molecular formula is C25H25N5O2. The van der Waals surface area contributed by atoms with Crippen LogP contribution in [0.5, 0.6) is 0 Å². The first kappa shape index (κ1) is 20.3. The summed E-state index contributed by atoms with van der Waals surface area (Å²) in [4.78, 5) is 27.9. The highest BCUT2D eigenvalue weighted by molar-refractivity contribution is 6.05. The molecule has 0 amide bonds. The molecule has 0 fully saturated rings. The third kappa shape index (κ3) is 3.44. The lowest BCUT2D eigenvalue weighted by Gasteiger charge is -2.08. The Labute approximate surface area is 185 Å². The Hall–Kier alpha value is -3.58. The summed E-state index contributed by atoms with van der Waals surface area (Å²) < 4.78 is 9.00. The molecule has 0 bridgehead atoms. The number of aromatic nitrogens is 5. The van der Waals surface area contributed by atoms with Gasteiger partial charge in [0.15, 0.2) is 11.3 Å². The standard InChI is InChI=1S/C25H25N5O2/c1-3-17-10-12-18(13-11-17)30-23-21(25(31)29(16-26-23)14-7-15-32-4-2)22-24(30)28-20-9-6-5-8-19(20)27-22/h5-6,8-13,16H,3-4,7,14-15H2,1-2H3. The molecule has 0 aliphatic heterocycles. The molecule has 7 heteroatoms. The average Bonchev–Trinajstić information content (AvgIpc) is 3.15. The van der Waals surface area contributed by atoms with E-state index in [-0.39, 0.29) is 5.56 Å². The summed E-state index contributed by atoms with van der Waals surface area (Å²) in [6, 6.07) is 16.0. The molecule has 0 atom stereocenters. The first-order valence-electron chi connectivity index (χ1n) is 11.0. The highest BCUT2D eigenvalue weighted by atomic mass is 16.5.